The molecule has 4 nitrogen and oxygen atoms in total. The Morgan fingerprint density at radius 1 is 1.04 bits per heavy atom. The third-order valence-electron chi connectivity index (χ3n) is 4.13. The van der Waals surface area contributed by atoms with Gasteiger partial charge in [0.2, 0.25) is 5.91 Å². The van der Waals surface area contributed by atoms with E-state index in [-0.39, 0.29) is 18.3 Å². The van der Waals surface area contributed by atoms with Crippen molar-refractivity contribution in [2.75, 3.05) is 37.8 Å². The molecule has 0 saturated heterocycles. The number of hydrogen-bond donors (Lipinski definition) is 0. The Bertz CT molecular complexity index is 837. The number of carbonyl (C=O) groups excluding carboxylic acids is 1. The van der Waals surface area contributed by atoms with Gasteiger partial charge >= 0.3 is 0 Å². The number of halogens is 1. The Labute approximate surface area is 181 Å². The largest absolute Gasteiger partial charge is 0.309 e. The van der Waals surface area contributed by atoms with E-state index in [0.717, 1.165) is 34.1 Å². The molecule has 3 rings (SSSR count). The van der Waals surface area contributed by atoms with Crippen LogP contribution in [0.25, 0.3) is 10.2 Å². The van der Waals surface area contributed by atoms with Gasteiger partial charge in [-0.1, -0.05) is 41.7 Å². The predicted molar refractivity (Wildman–Crippen MR) is 124 cm³/mol. The van der Waals surface area contributed by atoms with Gasteiger partial charge in [-0.25, -0.2) is 4.98 Å². The van der Waals surface area contributed by atoms with E-state index in [1.54, 1.807) is 23.1 Å². The molecule has 150 valence electrons. The normalized spacial score (nSPS) is 10.8. The van der Waals surface area contributed by atoms with E-state index in [1.165, 1.54) is 4.90 Å². The minimum atomic E-state index is 0. The summed E-state index contributed by atoms with van der Waals surface area (Å²) < 4.78 is 1.12. The molecule has 1 heterocycles. The third kappa shape index (κ3) is 6.48. The van der Waals surface area contributed by atoms with Gasteiger partial charge in [0.05, 0.1) is 10.2 Å². The van der Waals surface area contributed by atoms with E-state index in [0.29, 0.717) is 13.0 Å². The minimum absolute atomic E-state index is 0. The number of amides is 1. The number of thioether (sulfide) groups is 1. The summed E-state index contributed by atoms with van der Waals surface area (Å²) in [6, 6.07) is 18.3. The number of nitrogens with zero attached hydrogens (tertiary/aromatic N) is 3. The molecule has 3 aromatic rings. The summed E-state index contributed by atoms with van der Waals surface area (Å²) in [6.45, 7) is 1.65. The van der Waals surface area contributed by atoms with Crippen molar-refractivity contribution in [3.05, 3.63) is 54.6 Å². The first kappa shape index (κ1) is 22.7. The van der Waals surface area contributed by atoms with Crippen LogP contribution in [-0.4, -0.2) is 48.7 Å². The lowest BCUT2D eigenvalue weighted by Crippen LogP contribution is -2.33. The molecule has 0 atom stereocenters. The lowest BCUT2D eigenvalue weighted by Gasteiger charge is -2.21. The number of rotatable bonds is 9. The molecule has 2 aromatic carbocycles. The number of anilines is 1. The Hall–Kier alpha value is -1.60. The van der Waals surface area contributed by atoms with Crippen molar-refractivity contribution in [1.29, 1.82) is 0 Å². The van der Waals surface area contributed by atoms with Gasteiger partial charge in [0, 0.05) is 23.6 Å². The molecule has 0 saturated carbocycles. The van der Waals surface area contributed by atoms with E-state index in [9.17, 15) is 4.79 Å². The summed E-state index contributed by atoms with van der Waals surface area (Å²) in [4.78, 5) is 22.9. The van der Waals surface area contributed by atoms with E-state index < -0.39 is 0 Å². The molecule has 0 bridgehead atoms. The van der Waals surface area contributed by atoms with E-state index in [1.807, 2.05) is 41.3 Å². The Balaban J connectivity index is 0.00000280. The second kappa shape index (κ2) is 11.4. The number of fused-ring (bicyclic) bond motifs is 1. The molecular formula is C21H26ClN3OS2. The molecule has 1 aromatic heterocycles. The summed E-state index contributed by atoms with van der Waals surface area (Å²) in [5.74, 6) is 0.925. The van der Waals surface area contributed by atoms with Crippen molar-refractivity contribution < 1.29 is 4.79 Å². The fourth-order valence-electron chi connectivity index (χ4n) is 2.76. The fraction of sp³-hybridized carbons (Fsp3) is 0.333. The van der Waals surface area contributed by atoms with Crippen molar-refractivity contribution in [2.45, 2.75) is 17.7 Å². The van der Waals surface area contributed by atoms with E-state index in [4.69, 9.17) is 4.98 Å². The highest BCUT2D eigenvalue weighted by Crippen LogP contribution is 2.29. The van der Waals surface area contributed by atoms with Gasteiger partial charge in [0.1, 0.15) is 0 Å². The highest BCUT2D eigenvalue weighted by Gasteiger charge is 2.19. The van der Waals surface area contributed by atoms with Crippen LogP contribution in [0, 0.1) is 0 Å². The molecule has 1 amide bonds. The SMILES string of the molecule is CN(C)CCCN(C(=O)CCSc1ccccc1)c1nc2ccccc2s1.Cl. The molecule has 0 aliphatic carbocycles. The number of benzene rings is 2. The average Bonchev–Trinajstić information content (AvgIpc) is 3.09. The zero-order valence-electron chi connectivity index (χ0n) is 16.2. The Kier molecular flexibility index (Phi) is 9.25. The molecule has 28 heavy (non-hydrogen) atoms. The highest BCUT2D eigenvalue weighted by molar-refractivity contribution is 7.99. The smallest absolute Gasteiger partial charge is 0.229 e. The predicted octanol–water partition coefficient (Wildman–Crippen LogP) is 5.19. The van der Waals surface area contributed by atoms with Crippen molar-refractivity contribution in [1.82, 2.24) is 9.88 Å². The maximum atomic E-state index is 13.0. The number of thiazole rings is 1. The van der Waals surface area contributed by atoms with Gasteiger partial charge in [-0.15, -0.1) is 24.2 Å². The quantitative estimate of drug-likeness (QED) is 0.433. The van der Waals surface area contributed by atoms with Crippen molar-refractivity contribution in [3.8, 4) is 0 Å². The Morgan fingerprint density at radius 2 is 1.75 bits per heavy atom. The summed E-state index contributed by atoms with van der Waals surface area (Å²) >= 11 is 3.32. The number of hydrogen-bond acceptors (Lipinski definition) is 5. The summed E-state index contributed by atoms with van der Waals surface area (Å²) in [6.07, 6.45) is 1.44. The molecule has 0 N–H and O–H groups in total. The maximum Gasteiger partial charge on any atom is 0.229 e. The van der Waals surface area contributed by atoms with Crippen molar-refractivity contribution >= 4 is 56.8 Å². The van der Waals surface area contributed by atoms with Crippen LogP contribution >= 0.6 is 35.5 Å². The highest BCUT2D eigenvalue weighted by atomic mass is 35.5. The first-order valence-corrected chi connectivity index (χ1v) is 10.9. The van der Waals surface area contributed by atoms with Crippen molar-refractivity contribution in [2.24, 2.45) is 0 Å². The first-order valence-electron chi connectivity index (χ1n) is 9.12. The topological polar surface area (TPSA) is 36.4 Å². The van der Waals surface area contributed by atoms with Crippen LogP contribution in [0.3, 0.4) is 0 Å². The lowest BCUT2D eigenvalue weighted by atomic mass is 10.3. The monoisotopic (exact) mass is 435 g/mol. The summed E-state index contributed by atoms with van der Waals surface area (Å²) in [7, 11) is 4.11. The third-order valence-corrected chi connectivity index (χ3v) is 6.20. The van der Waals surface area contributed by atoms with Crippen LogP contribution in [-0.2, 0) is 4.79 Å². The van der Waals surface area contributed by atoms with Crippen LogP contribution in [0.1, 0.15) is 12.8 Å². The van der Waals surface area contributed by atoms with Gasteiger partial charge in [-0.05, 0) is 51.3 Å². The van der Waals surface area contributed by atoms with Crippen LogP contribution in [0.15, 0.2) is 59.5 Å². The standard InChI is InChI=1S/C21H25N3OS2.ClH/c1-23(2)14-8-15-24(21-22-18-11-6-7-12-19(18)27-21)20(25)13-16-26-17-9-4-3-5-10-17;/h3-7,9-12H,8,13-16H2,1-2H3;1H. The summed E-state index contributed by atoms with van der Waals surface area (Å²) in [5.41, 5.74) is 0.960. The lowest BCUT2D eigenvalue weighted by molar-refractivity contribution is -0.118. The second-order valence-corrected chi connectivity index (χ2v) is 8.76. The van der Waals surface area contributed by atoms with Crippen LogP contribution in [0.2, 0.25) is 0 Å². The first-order chi connectivity index (χ1) is 13.1. The van der Waals surface area contributed by atoms with Crippen LogP contribution in [0.4, 0.5) is 5.13 Å². The van der Waals surface area contributed by atoms with Crippen LogP contribution < -0.4 is 4.90 Å². The molecular weight excluding hydrogens is 410 g/mol. The molecule has 0 radical (unpaired) electrons. The van der Waals surface area contributed by atoms with Gasteiger partial charge in [-0.3, -0.25) is 9.69 Å². The van der Waals surface area contributed by atoms with Gasteiger partial charge in [0.15, 0.2) is 5.13 Å². The molecule has 0 aliphatic heterocycles. The fourth-order valence-corrected chi connectivity index (χ4v) is 4.63. The van der Waals surface area contributed by atoms with Crippen molar-refractivity contribution in [3.63, 3.8) is 0 Å². The van der Waals surface area contributed by atoms with Gasteiger partial charge in [-0.2, -0.15) is 0 Å². The molecule has 0 aliphatic rings. The maximum absolute atomic E-state index is 13.0. The second-order valence-electron chi connectivity index (χ2n) is 6.58. The number of carbonyl (C=O) groups is 1. The molecule has 7 heteroatoms. The minimum Gasteiger partial charge on any atom is -0.309 e. The van der Waals surface area contributed by atoms with E-state index in [2.05, 4.69) is 37.2 Å². The van der Waals surface area contributed by atoms with Gasteiger partial charge in [0.25, 0.3) is 0 Å². The van der Waals surface area contributed by atoms with E-state index >= 15 is 0 Å². The molecule has 0 unspecified atom stereocenters. The van der Waals surface area contributed by atoms with Crippen LogP contribution in [0.5, 0.6) is 0 Å². The zero-order valence-corrected chi connectivity index (χ0v) is 18.7. The Morgan fingerprint density at radius 3 is 2.46 bits per heavy atom. The zero-order chi connectivity index (χ0) is 19.1. The molecule has 0 spiro atoms. The number of aromatic nitrogens is 1. The number of para-hydroxylation sites is 1. The van der Waals surface area contributed by atoms with Gasteiger partial charge < -0.3 is 4.90 Å². The average molecular weight is 436 g/mol. The molecule has 0 fully saturated rings. The summed E-state index contributed by atoms with van der Waals surface area (Å²) in [5, 5.41) is 0.810.